The van der Waals surface area contributed by atoms with E-state index in [-0.39, 0.29) is 10.8 Å². The number of benzene rings is 2. The summed E-state index contributed by atoms with van der Waals surface area (Å²) in [7, 11) is -3.54. The first-order chi connectivity index (χ1) is 15.9. The van der Waals surface area contributed by atoms with Gasteiger partial charge >= 0.3 is 0 Å². The Morgan fingerprint density at radius 3 is 2.33 bits per heavy atom. The van der Waals surface area contributed by atoms with Gasteiger partial charge in [-0.05, 0) is 60.9 Å². The number of rotatable bonds is 7. The topological polar surface area (TPSA) is 108 Å². The maximum Gasteiger partial charge on any atom is 0.255 e. The van der Waals surface area contributed by atoms with Gasteiger partial charge in [-0.2, -0.15) is 4.31 Å². The van der Waals surface area contributed by atoms with Crippen LogP contribution in [0.1, 0.15) is 39.1 Å². The number of anilines is 1. The minimum Gasteiger partial charge on any atom is -0.348 e. The molecule has 2 amide bonds. The fraction of sp³-hybridized carbons (Fsp3) is 0.208. The third kappa shape index (κ3) is 5.27. The molecule has 0 unspecified atom stereocenters. The Kier molecular flexibility index (Phi) is 6.81. The highest BCUT2D eigenvalue weighted by Crippen LogP contribution is 2.22. The van der Waals surface area contributed by atoms with E-state index in [1.165, 1.54) is 28.6 Å². The van der Waals surface area contributed by atoms with E-state index in [0.717, 1.165) is 18.4 Å². The number of carbonyl (C=O) groups is 2. The number of carbonyl (C=O) groups excluding carboxylic acids is 2. The third-order valence-corrected chi connectivity index (χ3v) is 7.33. The summed E-state index contributed by atoms with van der Waals surface area (Å²) in [4.78, 5) is 29.6. The van der Waals surface area contributed by atoms with Gasteiger partial charge in [-0.25, -0.2) is 8.42 Å². The third-order valence-electron chi connectivity index (χ3n) is 5.42. The lowest BCUT2D eigenvalue weighted by atomic mass is 10.1. The van der Waals surface area contributed by atoms with Crippen molar-refractivity contribution in [1.29, 1.82) is 0 Å². The highest BCUT2D eigenvalue weighted by atomic mass is 32.2. The molecule has 2 aromatic carbocycles. The van der Waals surface area contributed by atoms with Crippen molar-refractivity contribution in [1.82, 2.24) is 14.6 Å². The van der Waals surface area contributed by atoms with Crippen LogP contribution >= 0.6 is 0 Å². The highest BCUT2D eigenvalue weighted by Gasteiger charge is 2.27. The number of nitrogens with zero attached hydrogens (tertiary/aromatic N) is 2. The van der Waals surface area contributed by atoms with E-state index in [4.69, 9.17) is 0 Å². The molecule has 8 nitrogen and oxygen atoms in total. The van der Waals surface area contributed by atoms with Gasteiger partial charge in [0, 0.05) is 37.6 Å². The smallest absolute Gasteiger partial charge is 0.255 e. The van der Waals surface area contributed by atoms with E-state index in [2.05, 4.69) is 15.6 Å². The monoisotopic (exact) mass is 464 g/mol. The van der Waals surface area contributed by atoms with Gasteiger partial charge in [0.05, 0.1) is 16.1 Å². The van der Waals surface area contributed by atoms with Crippen LogP contribution in [-0.2, 0) is 16.6 Å². The summed E-state index contributed by atoms with van der Waals surface area (Å²) < 4.78 is 26.8. The Hall–Kier alpha value is -3.56. The van der Waals surface area contributed by atoms with Gasteiger partial charge in [0.15, 0.2) is 0 Å². The van der Waals surface area contributed by atoms with Crippen molar-refractivity contribution in [3.63, 3.8) is 0 Å². The molecule has 33 heavy (non-hydrogen) atoms. The van der Waals surface area contributed by atoms with E-state index >= 15 is 0 Å². The number of pyridine rings is 1. The maximum absolute atomic E-state index is 12.8. The Balaban J connectivity index is 1.45. The van der Waals surface area contributed by atoms with Crippen LogP contribution in [0.25, 0.3) is 0 Å². The number of hydrogen-bond donors (Lipinski definition) is 2. The standard InChI is InChI=1S/C24H24N4O4S/c29-23(19-9-11-20(12-10-19)33(31,32)28-14-3-4-15-28)27-22-8-2-1-7-21(22)24(30)26-17-18-6-5-13-25-16-18/h1-2,5-13,16H,3-4,14-15,17H2,(H,26,30)(H,27,29). The van der Waals surface area contributed by atoms with Gasteiger partial charge in [0.2, 0.25) is 10.0 Å². The molecule has 170 valence electrons. The molecule has 9 heteroatoms. The summed E-state index contributed by atoms with van der Waals surface area (Å²) in [6.45, 7) is 1.34. The molecule has 0 radical (unpaired) electrons. The molecular weight excluding hydrogens is 440 g/mol. The molecule has 0 bridgehead atoms. The molecule has 0 saturated carbocycles. The summed E-state index contributed by atoms with van der Waals surface area (Å²) in [5.41, 5.74) is 1.83. The van der Waals surface area contributed by atoms with Crippen LogP contribution in [0.5, 0.6) is 0 Å². The largest absolute Gasteiger partial charge is 0.348 e. The lowest BCUT2D eigenvalue weighted by Gasteiger charge is -2.15. The maximum atomic E-state index is 12.8. The van der Waals surface area contributed by atoms with Crippen molar-refractivity contribution in [2.24, 2.45) is 0 Å². The van der Waals surface area contributed by atoms with Crippen molar-refractivity contribution in [2.75, 3.05) is 18.4 Å². The molecule has 1 aliphatic heterocycles. The van der Waals surface area contributed by atoms with Crippen LogP contribution in [0.4, 0.5) is 5.69 Å². The van der Waals surface area contributed by atoms with Gasteiger partial charge in [0.25, 0.3) is 11.8 Å². The van der Waals surface area contributed by atoms with Crippen LogP contribution in [0.2, 0.25) is 0 Å². The minimum absolute atomic E-state index is 0.163. The van der Waals surface area contributed by atoms with E-state index in [0.29, 0.717) is 36.4 Å². The van der Waals surface area contributed by atoms with E-state index in [1.54, 1.807) is 42.7 Å². The predicted octanol–water partition coefficient (Wildman–Crippen LogP) is 3.05. The Morgan fingerprint density at radius 2 is 1.64 bits per heavy atom. The molecular formula is C24H24N4O4S. The van der Waals surface area contributed by atoms with Crippen molar-refractivity contribution in [3.05, 3.63) is 89.7 Å². The number of hydrogen-bond acceptors (Lipinski definition) is 5. The van der Waals surface area contributed by atoms with Gasteiger partial charge in [0.1, 0.15) is 0 Å². The fourth-order valence-electron chi connectivity index (χ4n) is 3.62. The summed E-state index contributed by atoms with van der Waals surface area (Å²) in [5.74, 6) is -0.769. The second-order valence-corrected chi connectivity index (χ2v) is 9.62. The van der Waals surface area contributed by atoms with Crippen LogP contribution in [0, 0.1) is 0 Å². The highest BCUT2D eigenvalue weighted by molar-refractivity contribution is 7.89. The van der Waals surface area contributed by atoms with Crippen molar-refractivity contribution in [2.45, 2.75) is 24.3 Å². The molecule has 4 rings (SSSR count). The lowest BCUT2D eigenvalue weighted by molar-refractivity contribution is 0.0951. The average molecular weight is 465 g/mol. The number of nitrogens with one attached hydrogen (secondary N) is 2. The van der Waals surface area contributed by atoms with Crippen LogP contribution < -0.4 is 10.6 Å². The molecule has 1 fully saturated rings. The lowest BCUT2D eigenvalue weighted by Crippen LogP contribution is -2.28. The zero-order valence-electron chi connectivity index (χ0n) is 17.9. The van der Waals surface area contributed by atoms with Crippen LogP contribution in [0.3, 0.4) is 0 Å². The first kappa shape index (κ1) is 22.6. The zero-order valence-corrected chi connectivity index (χ0v) is 18.7. The zero-order chi connectivity index (χ0) is 23.3. The minimum atomic E-state index is -3.54. The predicted molar refractivity (Wildman–Crippen MR) is 124 cm³/mol. The molecule has 0 aliphatic carbocycles. The van der Waals surface area contributed by atoms with Crippen LogP contribution in [-0.4, -0.2) is 42.6 Å². The second-order valence-electron chi connectivity index (χ2n) is 7.68. The summed E-state index contributed by atoms with van der Waals surface area (Å²) >= 11 is 0. The average Bonchev–Trinajstić information content (AvgIpc) is 3.40. The summed E-state index contributed by atoms with van der Waals surface area (Å²) in [6, 6.07) is 16.2. The molecule has 0 spiro atoms. The van der Waals surface area contributed by atoms with Gasteiger partial charge < -0.3 is 10.6 Å². The number of para-hydroxylation sites is 1. The van der Waals surface area contributed by atoms with Crippen molar-refractivity contribution in [3.8, 4) is 0 Å². The first-order valence-electron chi connectivity index (χ1n) is 10.6. The Bertz CT molecular complexity index is 1240. The van der Waals surface area contributed by atoms with E-state index in [1.807, 2.05) is 6.07 Å². The normalized spacial score (nSPS) is 14.1. The SMILES string of the molecule is O=C(Nc1ccccc1C(=O)NCc1cccnc1)c1ccc(S(=O)(=O)N2CCCC2)cc1. The molecule has 1 aromatic heterocycles. The Morgan fingerprint density at radius 1 is 0.909 bits per heavy atom. The van der Waals surface area contributed by atoms with E-state index in [9.17, 15) is 18.0 Å². The molecule has 1 saturated heterocycles. The first-order valence-corrected chi connectivity index (χ1v) is 12.1. The van der Waals surface area contributed by atoms with Gasteiger partial charge in [-0.1, -0.05) is 18.2 Å². The quantitative estimate of drug-likeness (QED) is 0.559. The second kappa shape index (κ2) is 9.93. The molecule has 0 atom stereocenters. The van der Waals surface area contributed by atoms with Crippen molar-refractivity contribution >= 4 is 27.5 Å². The molecule has 3 aromatic rings. The van der Waals surface area contributed by atoms with Crippen LogP contribution in [0.15, 0.2) is 78.0 Å². The van der Waals surface area contributed by atoms with Gasteiger partial charge in [-0.3, -0.25) is 14.6 Å². The summed E-state index contributed by atoms with van der Waals surface area (Å²) in [6.07, 6.45) is 5.04. The van der Waals surface area contributed by atoms with E-state index < -0.39 is 15.9 Å². The summed E-state index contributed by atoms with van der Waals surface area (Å²) in [5, 5.41) is 5.57. The Labute approximate surface area is 192 Å². The fourth-order valence-corrected chi connectivity index (χ4v) is 5.14. The number of amides is 2. The molecule has 2 N–H and O–H groups in total. The van der Waals surface area contributed by atoms with Crippen molar-refractivity contribution < 1.29 is 18.0 Å². The molecule has 2 heterocycles. The van der Waals surface area contributed by atoms with Gasteiger partial charge in [-0.15, -0.1) is 0 Å². The molecule has 1 aliphatic rings. The number of sulfonamides is 1. The number of aromatic nitrogens is 1.